The zero-order valence-electron chi connectivity index (χ0n) is 13.9. The van der Waals surface area contributed by atoms with Gasteiger partial charge in [0.2, 0.25) is 10.0 Å². The summed E-state index contributed by atoms with van der Waals surface area (Å²) in [6, 6.07) is 11.5. The Kier molecular flexibility index (Phi) is 6.05. The molecule has 0 aliphatic heterocycles. The molecule has 0 saturated heterocycles. The summed E-state index contributed by atoms with van der Waals surface area (Å²) in [4.78, 5) is 0.187. The predicted octanol–water partition coefficient (Wildman–Crippen LogP) is 2.58. The van der Waals surface area contributed by atoms with E-state index >= 15 is 0 Å². The van der Waals surface area contributed by atoms with Crippen molar-refractivity contribution in [1.29, 1.82) is 0 Å². The second-order valence-electron chi connectivity index (χ2n) is 4.92. The minimum atomic E-state index is -3.60. The van der Waals surface area contributed by atoms with Gasteiger partial charge in [-0.25, -0.2) is 13.1 Å². The molecule has 0 atom stereocenters. The quantitative estimate of drug-likeness (QED) is 0.791. The van der Waals surface area contributed by atoms with Gasteiger partial charge < -0.3 is 14.2 Å². The molecule has 0 saturated carbocycles. The van der Waals surface area contributed by atoms with Gasteiger partial charge >= 0.3 is 0 Å². The van der Waals surface area contributed by atoms with Crippen molar-refractivity contribution in [3.05, 3.63) is 48.0 Å². The SMILES string of the molecule is CCOc1ccc(S(=O)(=O)NCc2ccc(OC)c(OC)c2)cc1. The number of ether oxygens (including phenoxy) is 3. The third kappa shape index (κ3) is 4.39. The topological polar surface area (TPSA) is 73.9 Å². The first-order chi connectivity index (χ1) is 11.5. The highest BCUT2D eigenvalue weighted by Gasteiger charge is 2.14. The molecule has 0 spiro atoms. The Balaban J connectivity index is 2.09. The fourth-order valence-electron chi connectivity index (χ4n) is 2.13. The molecule has 0 fully saturated rings. The van der Waals surface area contributed by atoms with Crippen LogP contribution in [0.1, 0.15) is 12.5 Å². The number of hydrogen-bond acceptors (Lipinski definition) is 5. The summed E-state index contributed by atoms with van der Waals surface area (Å²) in [5, 5.41) is 0. The fourth-order valence-corrected chi connectivity index (χ4v) is 3.15. The maximum atomic E-state index is 12.3. The van der Waals surface area contributed by atoms with Gasteiger partial charge in [0.25, 0.3) is 0 Å². The molecular weight excluding hydrogens is 330 g/mol. The van der Waals surface area contributed by atoms with Gasteiger partial charge in [-0.3, -0.25) is 0 Å². The van der Waals surface area contributed by atoms with Crippen LogP contribution in [0.2, 0.25) is 0 Å². The Morgan fingerprint density at radius 3 is 2.21 bits per heavy atom. The maximum absolute atomic E-state index is 12.3. The average molecular weight is 351 g/mol. The molecule has 7 heteroatoms. The van der Waals surface area contributed by atoms with Crippen molar-refractivity contribution < 1.29 is 22.6 Å². The molecule has 24 heavy (non-hydrogen) atoms. The zero-order valence-corrected chi connectivity index (χ0v) is 14.7. The van der Waals surface area contributed by atoms with Crippen LogP contribution in [0.3, 0.4) is 0 Å². The molecule has 2 aromatic carbocycles. The van der Waals surface area contributed by atoms with Crippen LogP contribution in [0.5, 0.6) is 17.2 Å². The first-order valence-corrected chi connectivity index (χ1v) is 8.92. The third-order valence-corrected chi connectivity index (χ3v) is 4.78. The van der Waals surface area contributed by atoms with E-state index in [4.69, 9.17) is 14.2 Å². The molecule has 1 N–H and O–H groups in total. The van der Waals surface area contributed by atoms with Crippen molar-refractivity contribution in [2.45, 2.75) is 18.4 Å². The van der Waals surface area contributed by atoms with E-state index in [9.17, 15) is 8.42 Å². The fraction of sp³-hybridized carbons (Fsp3) is 0.294. The lowest BCUT2D eigenvalue weighted by Gasteiger charge is -2.11. The van der Waals surface area contributed by atoms with Crippen LogP contribution in [0.25, 0.3) is 0 Å². The molecule has 130 valence electrons. The van der Waals surface area contributed by atoms with Gasteiger partial charge in [-0.05, 0) is 48.9 Å². The summed E-state index contributed by atoms with van der Waals surface area (Å²) in [5.74, 6) is 1.78. The summed E-state index contributed by atoms with van der Waals surface area (Å²) < 4.78 is 42.9. The highest BCUT2D eigenvalue weighted by molar-refractivity contribution is 7.89. The van der Waals surface area contributed by atoms with Gasteiger partial charge in [-0.2, -0.15) is 0 Å². The molecule has 0 aliphatic carbocycles. The molecule has 0 bridgehead atoms. The molecule has 2 aromatic rings. The highest BCUT2D eigenvalue weighted by Crippen LogP contribution is 2.27. The Morgan fingerprint density at radius 1 is 0.958 bits per heavy atom. The van der Waals surface area contributed by atoms with E-state index in [1.807, 2.05) is 6.92 Å². The van der Waals surface area contributed by atoms with Crippen LogP contribution >= 0.6 is 0 Å². The number of methoxy groups -OCH3 is 2. The minimum absolute atomic E-state index is 0.149. The second kappa shape index (κ2) is 8.03. The molecule has 0 unspecified atom stereocenters. The Morgan fingerprint density at radius 2 is 1.62 bits per heavy atom. The van der Waals surface area contributed by atoms with Crippen LogP contribution in [0.4, 0.5) is 0 Å². The van der Waals surface area contributed by atoms with Gasteiger partial charge in [-0.15, -0.1) is 0 Å². The van der Waals surface area contributed by atoms with Gasteiger partial charge in [-0.1, -0.05) is 6.07 Å². The lowest BCUT2D eigenvalue weighted by molar-refractivity contribution is 0.340. The van der Waals surface area contributed by atoms with E-state index in [-0.39, 0.29) is 11.4 Å². The first-order valence-electron chi connectivity index (χ1n) is 7.43. The second-order valence-corrected chi connectivity index (χ2v) is 6.69. The molecule has 0 aliphatic rings. The standard InChI is InChI=1S/C17H21NO5S/c1-4-23-14-6-8-15(9-7-14)24(19,20)18-12-13-5-10-16(21-2)17(11-13)22-3/h5-11,18H,4,12H2,1-3H3. The largest absolute Gasteiger partial charge is 0.494 e. The third-order valence-electron chi connectivity index (χ3n) is 3.36. The smallest absolute Gasteiger partial charge is 0.240 e. The summed E-state index contributed by atoms with van der Waals surface area (Å²) in [6.07, 6.45) is 0. The van der Waals surface area contributed by atoms with Crippen LogP contribution in [-0.2, 0) is 16.6 Å². The van der Waals surface area contributed by atoms with Gasteiger partial charge in [0.1, 0.15) is 5.75 Å². The summed E-state index contributed by atoms with van der Waals surface area (Å²) in [7, 11) is -0.522. The molecule has 0 aromatic heterocycles. The van der Waals surface area contributed by atoms with Gasteiger partial charge in [0.15, 0.2) is 11.5 Å². The molecule has 0 amide bonds. The van der Waals surface area contributed by atoms with E-state index in [1.165, 1.54) is 19.2 Å². The molecule has 6 nitrogen and oxygen atoms in total. The summed E-state index contributed by atoms with van der Waals surface area (Å²) in [6.45, 7) is 2.55. The molecule has 0 radical (unpaired) electrons. The van der Waals surface area contributed by atoms with E-state index < -0.39 is 10.0 Å². The highest BCUT2D eigenvalue weighted by atomic mass is 32.2. The lowest BCUT2D eigenvalue weighted by Crippen LogP contribution is -2.23. The first kappa shape index (κ1) is 18.1. The molecule has 0 heterocycles. The van der Waals surface area contributed by atoms with Gasteiger partial charge in [0.05, 0.1) is 25.7 Å². The number of sulfonamides is 1. The minimum Gasteiger partial charge on any atom is -0.494 e. The van der Waals surface area contributed by atoms with E-state index in [0.29, 0.717) is 23.9 Å². The normalized spacial score (nSPS) is 11.1. The Bertz CT molecular complexity index is 772. The summed E-state index contributed by atoms with van der Waals surface area (Å²) in [5.41, 5.74) is 0.766. The lowest BCUT2D eigenvalue weighted by atomic mass is 10.2. The van der Waals surface area contributed by atoms with Crippen LogP contribution in [-0.4, -0.2) is 29.2 Å². The van der Waals surface area contributed by atoms with Crippen molar-refractivity contribution in [3.63, 3.8) is 0 Å². The Labute approximate surface area is 142 Å². The van der Waals surface area contributed by atoms with Crippen molar-refractivity contribution in [2.24, 2.45) is 0 Å². The van der Waals surface area contributed by atoms with E-state index in [1.54, 1.807) is 37.4 Å². The van der Waals surface area contributed by atoms with Crippen molar-refractivity contribution >= 4 is 10.0 Å². The summed E-state index contributed by atoms with van der Waals surface area (Å²) >= 11 is 0. The molecule has 2 rings (SSSR count). The van der Waals surface area contributed by atoms with E-state index in [2.05, 4.69) is 4.72 Å². The molecular formula is C17H21NO5S. The number of benzene rings is 2. The van der Waals surface area contributed by atoms with Crippen molar-refractivity contribution in [1.82, 2.24) is 4.72 Å². The number of hydrogen-bond donors (Lipinski definition) is 1. The number of rotatable bonds is 8. The van der Waals surface area contributed by atoms with Crippen LogP contribution < -0.4 is 18.9 Å². The van der Waals surface area contributed by atoms with Gasteiger partial charge in [0, 0.05) is 6.54 Å². The average Bonchev–Trinajstić information content (AvgIpc) is 2.60. The zero-order chi connectivity index (χ0) is 17.6. The van der Waals surface area contributed by atoms with Crippen molar-refractivity contribution in [2.75, 3.05) is 20.8 Å². The van der Waals surface area contributed by atoms with Crippen LogP contribution in [0.15, 0.2) is 47.4 Å². The maximum Gasteiger partial charge on any atom is 0.240 e. The predicted molar refractivity (Wildman–Crippen MR) is 91.2 cm³/mol. The Hall–Kier alpha value is -2.25. The number of nitrogens with one attached hydrogen (secondary N) is 1. The van der Waals surface area contributed by atoms with Crippen molar-refractivity contribution in [3.8, 4) is 17.2 Å². The van der Waals surface area contributed by atoms with Crippen LogP contribution in [0, 0.1) is 0 Å². The van der Waals surface area contributed by atoms with E-state index in [0.717, 1.165) is 5.56 Å². The monoisotopic (exact) mass is 351 g/mol.